The number of amides is 1. The van der Waals surface area contributed by atoms with E-state index in [1.54, 1.807) is 0 Å². The molecule has 0 aliphatic heterocycles. The Hall–Kier alpha value is -0.0000000000000000833. The van der Waals surface area contributed by atoms with E-state index in [0.717, 1.165) is 15.2 Å². The van der Waals surface area contributed by atoms with Gasteiger partial charge in [0, 0.05) is 11.3 Å². The summed E-state index contributed by atoms with van der Waals surface area (Å²) in [4.78, 5) is 12.6. The monoisotopic (exact) mass is 319 g/mol. The quantitative estimate of drug-likeness (QED) is 0.919. The van der Waals surface area contributed by atoms with Crippen LogP contribution in [0.1, 0.15) is 28.9 Å². The Labute approximate surface area is 112 Å². The number of carbonyl (C=O) groups is 1. The van der Waals surface area contributed by atoms with Crippen molar-refractivity contribution in [1.29, 1.82) is 0 Å². The van der Waals surface area contributed by atoms with Gasteiger partial charge in [0.25, 0.3) is 5.91 Å². The summed E-state index contributed by atoms with van der Waals surface area (Å²) < 4.78 is 1.31. The molecule has 2 rings (SSSR count). The summed E-state index contributed by atoms with van der Waals surface area (Å²) in [6, 6.07) is 3.77. The molecule has 0 saturated heterocycles. The Kier molecular flexibility index (Phi) is 3.97. The minimum Gasteiger partial charge on any atom is -0.350 e. The lowest BCUT2D eigenvalue weighted by molar-refractivity contribution is 0.0948. The Balaban J connectivity index is 1.88. The summed E-state index contributed by atoms with van der Waals surface area (Å²) in [5.74, 6) is 0.0519. The molecule has 1 saturated carbocycles. The lowest BCUT2D eigenvalue weighted by Gasteiger charge is -2.40. The molecule has 0 radical (unpaired) electrons. The molecule has 1 N–H and O–H groups in total. The van der Waals surface area contributed by atoms with Gasteiger partial charge in [-0.3, -0.25) is 4.79 Å². The third kappa shape index (κ3) is 2.63. The smallest absolute Gasteiger partial charge is 0.261 e. The number of nitrogens with one attached hydrogen (secondary N) is 1. The van der Waals surface area contributed by atoms with Gasteiger partial charge >= 0.3 is 0 Å². The van der Waals surface area contributed by atoms with Gasteiger partial charge in [0.1, 0.15) is 0 Å². The Morgan fingerprint density at radius 1 is 1.62 bits per heavy atom. The average Bonchev–Trinajstić information content (AvgIpc) is 2.64. The second-order valence-corrected chi connectivity index (χ2v) is 7.76. The first kappa shape index (κ1) is 12.5. The highest BCUT2D eigenvalue weighted by Crippen LogP contribution is 2.42. The molecule has 1 aliphatic rings. The van der Waals surface area contributed by atoms with E-state index in [9.17, 15) is 4.79 Å². The van der Waals surface area contributed by atoms with Crippen LogP contribution in [-0.2, 0) is 0 Å². The molecule has 16 heavy (non-hydrogen) atoms. The topological polar surface area (TPSA) is 29.1 Å². The number of hydrogen-bond donors (Lipinski definition) is 1. The van der Waals surface area contributed by atoms with Crippen molar-refractivity contribution in [2.24, 2.45) is 0 Å². The van der Waals surface area contributed by atoms with Crippen LogP contribution in [0.15, 0.2) is 15.9 Å². The fourth-order valence-electron chi connectivity index (χ4n) is 1.79. The number of hydrogen-bond acceptors (Lipinski definition) is 3. The van der Waals surface area contributed by atoms with Crippen molar-refractivity contribution < 1.29 is 4.79 Å². The van der Waals surface area contributed by atoms with E-state index in [1.165, 1.54) is 30.6 Å². The van der Waals surface area contributed by atoms with E-state index in [0.29, 0.717) is 4.75 Å². The van der Waals surface area contributed by atoms with Crippen molar-refractivity contribution in [2.75, 3.05) is 12.8 Å². The number of thiophene rings is 1. The fraction of sp³-hybridized carbons (Fsp3) is 0.545. The van der Waals surface area contributed by atoms with Gasteiger partial charge in [-0.2, -0.15) is 11.8 Å². The molecule has 88 valence electrons. The van der Waals surface area contributed by atoms with Crippen molar-refractivity contribution in [1.82, 2.24) is 5.32 Å². The first-order valence-corrected chi connectivity index (χ1v) is 8.07. The summed E-state index contributed by atoms with van der Waals surface area (Å²) in [6.45, 7) is 0.794. The molecular weight excluding hydrogens is 306 g/mol. The number of carbonyl (C=O) groups excluding carboxylic acids is 1. The highest BCUT2D eigenvalue weighted by molar-refractivity contribution is 9.11. The second-order valence-electron chi connectivity index (χ2n) is 4.03. The zero-order valence-corrected chi connectivity index (χ0v) is 12.3. The van der Waals surface area contributed by atoms with E-state index < -0.39 is 0 Å². The van der Waals surface area contributed by atoms with Crippen LogP contribution in [0.5, 0.6) is 0 Å². The summed E-state index contributed by atoms with van der Waals surface area (Å²) in [5, 5.41) is 3.04. The molecule has 1 aliphatic carbocycles. The van der Waals surface area contributed by atoms with Gasteiger partial charge in [0.15, 0.2) is 0 Å². The zero-order valence-electron chi connectivity index (χ0n) is 9.09. The van der Waals surface area contributed by atoms with Crippen LogP contribution in [0, 0.1) is 0 Å². The molecule has 1 heterocycles. The molecule has 0 atom stereocenters. The van der Waals surface area contributed by atoms with E-state index in [1.807, 2.05) is 23.9 Å². The first-order chi connectivity index (χ1) is 7.65. The number of thioether (sulfide) groups is 1. The lowest BCUT2D eigenvalue weighted by Crippen LogP contribution is -2.45. The van der Waals surface area contributed by atoms with E-state index in [-0.39, 0.29) is 5.91 Å². The van der Waals surface area contributed by atoms with Gasteiger partial charge in [0.2, 0.25) is 0 Å². The van der Waals surface area contributed by atoms with Gasteiger partial charge in [0.05, 0.1) is 8.66 Å². The summed E-state index contributed by atoms with van der Waals surface area (Å²) in [5.41, 5.74) is 0. The number of rotatable bonds is 4. The Bertz CT molecular complexity index is 382. The average molecular weight is 320 g/mol. The molecule has 1 amide bonds. The molecule has 0 spiro atoms. The zero-order chi connectivity index (χ0) is 11.6. The standard InChI is InChI=1S/C11H14BrNOS2/c1-15-11(5-2-6-11)7-13-10(14)8-3-4-9(12)16-8/h3-4H,2,5-7H2,1H3,(H,13,14). The number of halogens is 1. The van der Waals surface area contributed by atoms with Crippen LogP contribution in [0.3, 0.4) is 0 Å². The van der Waals surface area contributed by atoms with Crippen molar-refractivity contribution in [3.63, 3.8) is 0 Å². The minimum absolute atomic E-state index is 0.0519. The van der Waals surface area contributed by atoms with Gasteiger partial charge in [-0.1, -0.05) is 6.42 Å². The van der Waals surface area contributed by atoms with Crippen LogP contribution in [0.2, 0.25) is 0 Å². The molecule has 0 bridgehead atoms. The molecule has 2 nitrogen and oxygen atoms in total. The van der Waals surface area contributed by atoms with Crippen LogP contribution >= 0.6 is 39.0 Å². The van der Waals surface area contributed by atoms with E-state index >= 15 is 0 Å². The maximum atomic E-state index is 11.8. The largest absolute Gasteiger partial charge is 0.350 e. The second kappa shape index (κ2) is 5.10. The van der Waals surface area contributed by atoms with Crippen molar-refractivity contribution in [3.8, 4) is 0 Å². The van der Waals surface area contributed by atoms with Crippen molar-refractivity contribution >= 4 is 44.9 Å². The Morgan fingerprint density at radius 2 is 2.38 bits per heavy atom. The van der Waals surface area contributed by atoms with Crippen molar-refractivity contribution in [2.45, 2.75) is 24.0 Å². The van der Waals surface area contributed by atoms with Gasteiger partial charge in [-0.25, -0.2) is 0 Å². The third-order valence-corrected chi connectivity index (χ3v) is 6.11. The maximum Gasteiger partial charge on any atom is 0.261 e. The maximum absolute atomic E-state index is 11.8. The van der Waals surface area contributed by atoms with Crippen molar-refractivity contribution in [3.05, 3.63) is 20.8 Å². The molecule has 5 heteroatoms. The third-order valence-electron chi connectivity index (χ3n) is 3.07. The van der Waals surface area contributed by atoms with Gasteiger partial charge in [-0.05, 0) is 47.2 Å². The summed E-state index contributed by atoms with van der Waals surface area (Å²) in [7, 11) is 0. The van der Waals surface area contributed by atoms with Crippen LogP contribution in [0.25, 0.3) is 0 Å². The molecule has 0 unspecified atom stereocenters. The molecular formula is C11H14BrNOS2. The van der Waals surface area contributed by atoms with E-state index in [4.69, 9.17) is 0 Å². The molecule has 0 aromatic carbocycles. The predicted octanol–water partition coefficient (Wildman–Crippen LogP) is 3.53. The molecule has 1 aromatic rings. The minimum atomic E-state index is 0.0519. The van der Waals surface area contributed by atoms with Crippen LogP contribution < -0.4 is 5.32 Å². The van der Waals surface area contributed by atoms with Crippen LogP contribution in [0.4, 0.5) is 0 Å². The summed E-state index contributed by atoms with van der Waals surface area (Å²) >= 11 is 6.72. The summed E-state index contributed by atoms with van der Waals surface area (Å²) in [6.07, 6.45) is 5.87. The highest BCUT2D eigenvalue weighted by atomic mass is 79.9. The molecule has 1 aromatic heterocycles. The Morgan fingerprint density at radius 3 is 2.81 bits per heavy atom. The van der Waals surface area contributed by atoms with Gasteiger partial charge < -0.3 is 5.32 Å². The normalized spacial score (nSPS) is 17.9. The molecule has 1 fully saturated rings. The fourth-order valence-corrected chi connectivity index (χ4v) is 4.00. The first-order valence-electron chi connectivity index (χ1n) is 5.24. The SMILES string of the molecule is CSC1(CNC(=O)c2ccc(Br)s2)CCC1. The van der Waals surface area contributed by atoms with E-state index in [2.05, 4.69) is 27.5 Å². The predicted molar refractivity (Wildman–Crippen MR) is 74.4 cm³/mol. The van der Waals surface area contributed by atoms with Gasteiger partial charge in [-0.15, -0.1) is 11.3 Å². The lowest BCUT2D eigenvalue weighted by atomic mass is 9.84. The highest BCUT2D eigenvalue weighted by Gasteiger charge is 2.36. The van der Waals surface area contributed by atoms with Crippen LogP contribution in [-0.4, -0.2) is 23.5 Å².